The number of aryl methyl sites for hydroxylation is 1. The van der Waals surface area contributed by atoms with E-state index in [0.717, 1.165) is 37.3 Å². The molecule has 1 fully saturated rings. The summed E-state index contributed by atoms with van der Waals surface area (Å²) in [6.07, 6.45) is 6.45. The van der Waals surface area contributed by atoms with Crippen LogP contribution in [-0.4, -0.2) is 33.7 Å². The zero-order valence-electron chi connectivity index (χ0n) is 12.8. The van der Waals surface area contributed by atoms with E-state index in [1.54, 1.807) is 10.7 Å². The van der Waals surface area contributed by atoms with Crippen LogP contribution in [0, 0.1) is 6.92 Å². The number of hydrogen-bond donors (Lipinski definition) is 0. The third-order valence-corrected chi connectivity index (χ3v) is 4.38. The van der Waals surface area contributed by atoms with Crippen molar-refractivity contribution in [1.82, 2.24) is 14.7 Å². The van der Waals surface area contributed by atoms with Crippen LogP contribution in [0.1, 0.15) is 41.7 Å². The zero-order valence-corrected chi connectivity index (χ0v) is 13.5. The first-order chi connectivity index (χ1) is 10.6. The molecule has 0 bridgehead atoms. The molecule has 1 aromatic heterocycles. The van der Waals surface area contributed by atoms with E-state index in [9.17, 15) is 4.79 Å². The molecule has 5 heteroatoms. The van der Waals surface area contributed by atoms with Crippen LogP contribution < -0.4 is 0 Å². The molecule has 4 nitrogen and oxygen atoms in total. The second-order valence-electron chi connectivity index (χ2n) is 5.77. The molecular formula is C17H20ClN3O. The van der Waals surface area contributed by atoms with Crippen molar-refractivity contribution in [2.24, 2.45) is 0 Å². The van der Waals surface area contributed by atoms with Gasteiger partial charge in [-0.15, -0.1) is 0 Å². The Morgan fingerprint density at radius 1 is 1.14 bits per heavy atom. The van der Waals surface area contributed by atoms with E-state index in [4.69, 9.17) is 11.6 Å². The molecule has 0 spiro atoms. The Morgan fingerprint density at radius 2 is 1.86 bits per heavy atom. The van der Waals surface area contributed by atoms with E-state index in [-0.39, 0.29) is 5.91 Å². The van der Waals surface area contributed by atoms with Crippen LogP contribution in [0.3, 0.4) is 0 Å². The van der Waals surface area contributed by atoms with Crippen LogP contribution in [0.2, 0.25) is 5.02 Å². The Kier molecular flexibility index (Phi) is 4.48. The minimum atomic E-state index is 0.0371. The number of benzene rings is 1. The molecule has 0 radical (unpaired) electrons. The first kappa shape index (κ1) is 15.1. The second-order valence-corrected chi connectivity index (χ2v) is 6.18. The predicted molar refractivity (Wildman–Crippen MR) is 87.7 cm³/mol. The maximum atomic E-state index is 12.6. The van der Waals surface area contributed by atoms with Gasteiger partial charge in [-0.1, -0.05) is 24.4 Å². The van der Waals surface area contributed by atoms with Crippen molar-refractivity contribution in [3.05, 3.63) is 46.7 Å². The zero-order chi connectivity index (χ0) is 15.5. The van der Waals surface area contributed by atoms with Crippen LogP contribution in [0.15, 0.2) is 30.5 Å². The number of halogens is 1. The Labute approximate surface area is 135 Å². The lowest BCUT2D eigenvalue weighted by Gasteiger charge is -2.21. The molecule has 22 heavy (non-hydrogen) atoms. The highest BCUT2D eigenvalue weighted by atomic mass is 35.5. The maximum Gasteiger partial charge on any atom is 0.255 e. The normalized spacial score (nSPS) is 15.6. The third-order valence-electron chi connectivity index (χ3n) is 4.06. The van der Waals surface area contributed by atoms with Crippen LogP contribution in [0.5, 0.6) is 0 Å². The Morgan fingerprint density at radius 3 is 2.45 bits per heavy atom. The fraction of sp³-hybridized carbons (Fsp3) is 0.412. The highest BCUT2D eigenvalue weighted by Crippen LogP contribution is 2.23. The van der Waals surface area contributed by atoms with Crippen molar-refractivity contribution in [1.29, 1.82) is 0 Å². The number of aromatic nitrogens is 2. The van der Waals surface area contributed by atoms with Gasteiger partial charge in [0.05, 0.1) is 22.0 Å². The molecule has 1 saturated heterocycles. The summed E-state index contributed by atoms with van der Waals surface area (Å²) in [4.78, 5) is 14.6. The molecule has 0 saturated carbocycles. The molecule has 0 N–H and O–H groups in total. The van der Waals surface area contributed by atoms with E-state index in [1.165, 1.54) is 12.8 Å². The number of likely N-dealkylation sites (tertiary alicyclic amines) is 1. The van der Waals surface area contributed by atoms with Gasteiger partial charge in [-0.3, -0.25) is 4.79 Å². The van der Waals surface area contributed by atoms with Crippen LogP contribution >= 0.6 is 11.6 Å². The number of carbonyl (C=O) groups excluding carboxylic acids is 1. The van der Waals surface area contributed by atoms with Crippen molar-refractivity contribution in [3.8, 4) is 5.69 Å². The summed E-state index contributed by atoms with van der Waals surface area (Å²) in [5, 5.41) is 4.85. The number of nitrogens with zero attached hydrogens (tertiary/aromatic N) is 3. The van der Waals surface area contributed by atoms with E-state index in [1.807, 2.05) is 36.2 Å². The molecule has 2 heterocycles. The first-order valence-electron chi connectivity index (χ1n) is 7.76. The molecule has 1 aliphatic heterocycles. The third kappa shape index (κ3) is 3.17. The lowest BCUT2D eigenvalue weighted by atomic mass is 10.1. The van der Waals surface area contributed by atoms with Crippen molar-refractivity contribution in [3.63, 3.8) is 0 Å². The smallest absolute Gasteiger partial charge is 0.255 e. The van der Waals surface area contributed by atoms with E-state index in [0.29, 0.717) is 10.6 Å². The van der Waals surface area contributed by atoms with Gasteiger partial charge >= 0.3 is 0 Å². The quantitative estimate of drug-likeness (QED) is 0.843. The molecule has 0 unspecified atom stereocenters. The Hall–Kier alpha value is -1.81. The summed E-state index contributed by atoms with van der Waals surface area (Å²) in [6.45, 7) is 3.60. The molecule has 0 atom stereocenters. The lowest BCUT2D eigenvalue weighted by Crippen LogP contribution is -2.32. The summed E-state index contributed by atoms with van der Waals surface area (Å²) in [6, 6.07) is 7.44. The molecule has 116 valence electrons. The predicted octanol–water partition coefficient (Wildman–Crippen LogP) is 3.85. The van der Waals surface area contributed by atoms with Crippen LogP contribution in [0.25, 0.3) is 5.69 Å². The highest BCUT2D eigenvalue weighted by Gasteiger charge is 2.19. The van der Waals surface area contributed by atoms with Crippen LogP contribution in [0.4, 0.5) is 0 Å². The lowest BCUT2D eigenvalue weighted by molar-refractivity contribution is 0.0762. The van der Waals surface area contributed by atoms with Gasteiger partial charge in [0.25, 0.3) is 5.91 Å². The topological polar surface area (TPSA) is 38.1 Å². The van der Waals surface area contributed by atoms with Crippen molar-refractivity contribution in [2.45, 2.75) is 32.6 Å². The van der Waals surface area contributed by atoms with Gasteiger partial charge in [-0.05, 0) is 44.0 Å². The number of rotatable bonds is 2. The number of hydrogen-bond acceptors (Lipinski definition) is 2. The van der Waals surface area contributed by atoms with Gasteiger partial charge < -0.3 is 4.90 Å². The monoisotopic (exact) mass is 317 g/mol. The maximum absolute atomic E-state index is 12.6. The molecular weight excluding hydrogens is 298 g/mol. The second kappa shape index (κ2) is 6.53. The Bertz CT molecular complexity index is 672. The molecule has 2 aromatic rings. The molecule has 3 rings (SSSR count). The standard InChI is InChI=1S/C17H20ClN3O/c1-13-8-11-21(19-13)14-6-7-15(16(18)12-14)17(22)20-9-4-2-3-5-10-20/h6-8,11-12H,2-5,9-10H2,1H3. The molecule has 0 aliphatic carbocycles. The molecule has 1 amide bonds. The number of carbonyl (C=O) groups is 1. The fourth-order valence-electron chi connectivity index (χ4n) is 2.82. The van der Waals surface area contributed by atoms with Crippen molar-refractivity contribution >= 4 is 17.5 Å². The minimum Gasteiger partial charge on any atom is -0.339 e. The van der Waals surface area contributed by atoms with Crippen LogP contribution in [-0.2, 0) is 0 Å². The van der Waals surface area contributed by atoms with E-state index < -0.39 is 0 Å². The summed E-state index contributed by atoms with van der Waals surface area (Å²) in [7, 11) is 0. The van der Waals surface area contributed by atoms with Gasteiger partial charge in [0, 0.05) is 19.3 Å². The summed E-state index contributed by atoms with van der Waals surface area (Å²) in [5.41, 5.74) is 2.39. The van der Waals surface area contributed by atoms with E-state index in [2.05, 4.69) is 5.10 Å². The average Bonchev–Trinajstić information content (AvgIpc) is 2.77. The number of amides is 1. The summed E-state index contributed by atoms with van der Waals surface area (Å²) < 4.78 is 1.77. The Balaban J connectivity index is 1.83. The minimum absolute atomic E-state index is 0.0371. The average molecular weight is 318 g/mol. The van der Waals surface area contributed by atoms with Gasteiger partial charge in [-0.25, -0.2) is 4.68 Å². The van der Waals surface area contributed by atoms with Gasteiger partial charge in [0.2, 0.25) is 0 Å². The van der Waals surface area contributed by atoms with E-state index >= 15 is 0 Å². The fourth-order valence-corrected chi connectivity index (χ4v) is 3.08. The molecule has 1 aromatic carbocycles. The van der Waals surface area contributed by atoms with Gasteiger partial charge in [-0.2, -0.15) is 5.10 Å². The largest absolute Gasteiger partial charge is 0.339 e. The summed E-state index contributed by atoms with van der Waals surface area (Å²) in [5.74, 6) is 0.0371. The summed E-state index contributed by atoms with van der Waals surface area (Å²) >= 11 is 6.35. The highest BCUT2D eigenvalue weighted by molar-refractivity contribution is 6.34. The van der Waals surface area contributed by atoms with Gasteiger partial charge in [0.15, 0.2) is 0 Å². The first-order valence-corrected chi connectivity index (χ1v) is 8.14. The molecule has 1 aliphatic rings. The SMILES string of the molecule is Cc1ccn(-c2ccc(C(=O)N3CCCCCC3)c(Cl)c2)n1. The van der Waals surface area contributed by atoms with Crippen molar-refractivity contribution in [2.75, 3.05) is 13.1 Å². The van der Waals surface area contributed by atoms with Crippen molar-refractivity contribution < 1.29 is 4.79 Å². The van der Waals surface area contributed by atoms with Gasteiger partial charge in [0.1, 0.15) is 0 Å².